The summed E-state index contributed by atoms with van der Waals surface area (Å²) in [6.07, 6.45) is 2.40. The topological polar surface area (TPSA) is 38.1 Å². The molecule has 0 spiro atoms. The molecule has 0 amide bonds. The summed E-state index contributed by atoms with van der Waals surface area (Å²) in [5, 5.41) is 4.52. The highest BCUT2D eigenvalue weighted by atomic mass is 16.1. The highest BCUT2D eigenvalue weighted by Gasteiger charge is 2.25. The predicted octanol–water partition coefficient (Wildman–Crippen LogP) is 2.21. The minimum atomic E-state index is 0.0905. The SMILES string of the molecule is CC(=O)c1cc(C2CCCN(C(C)C)C2)nn1C. The lowest BCUT2D eigenvalue weighted by atomic mass is 9.94. The maximum absolute atomic E-state index is 11.5. The Morgan fingerprint density at radius 3 is 2.78 bits per heavy atom. The minimum absolute atomic E-state index is 0.0905. The fraction of sp³-hybridized carbons (Fsp3) is 0.714. The monoisotopic (exact) mass is 249 g/mol. The van der Waals surface area contributed by atoms with E-state index in [9.17, 15) is 4.79 Å². The number of Topliss-reactive ketones (excluding diaryl/α,β-unsaturated/α-hetero) is 1. The summed E-state index contributed by atoms with van der Waals surface area (Å²) in [4.78, 5) is 14.0. The van der Waals surface area contributed by atoms with Crippen LogP contribution in [-0.4, -0.2) is 39.6 Å². The van der Waals surface area contributed by atoms with Crippen LogP contribution in [0.2, 0.25) is 0 Å². The molecule has 1 fully saturated rings. The summed E-state index contributed by atoms with van der Waals surface area (Å²) in [7, 11) is 1.85. The number of carbonyl (C=O) groups excluding carboxylic acids is 1. The molecule has 0 bridgehead atoms. The minimum Gasteiger partial charge on any atom is -0.300 e. The van der Waals surface area contributed by atoms with E-state index in [1.54, 1.807) is 11.6 Å². The van der Waals surface area contributed by atoms with Crippen LogP contribution in [0.4, 0.5) is 0 Å². The summed E-state index contributed by atoms with van der Waals surface area (Å²) in [6.45, 7) is 8.32. The quantitative estimate of drug-likeness (QED) is 0.771. The van der Waals surface area contributed by atoms with Gasteiger partial charge in [-0.15, -0.1) is 0 Å². The molecule has 0 radical (unpaired) electrons. The molecule has 0 N–H and O–H groups in total. The zero-order valence-electron chi connectivity index (χ0n) is 11.8. The molecule has 2 rings (SSSR count). The van der Waals surface area contributed by atoms with E-state index in [1.165, 1.54) is 19.4 Å². The van der Waals surface area contributed by atoms with Crippen LogP contribution in [-0.2, 0) is 7.05 Å². The third kappa shape index (κ3) is 2.64. The number of carbonyl (C=O) groups is 1. The van der Waals surface area contributed by atoms with Gasteiger partial charge in [-0.3, -0.25) is 9.48 Å². The molecule has 0 saturated carbocycles. The van der Waals surface area contributed by atoms with E-state index < -0.39 is 0 Å². The Hall–Kier alpha value is -1.16. The Kier molecular flexibility index (Phi) is 3.85. The molecule has 1 aromatic heterocycles. The number of hydrogen-bond acceptors (Lipinski definition) is 3. The molecule has 1 atom stereocenters. The van der Waals surface area contributed by atoms with Crippen LogP contribution in [0, 0.1) is 0 Å². The lowest BCUT2D eigenvalue weighted by Crippen LogP contribution is -2.39. The van der Waals surface area contributed by atoms with E-state index in [0.29, 0.717) is 17.7 Å². The standard InChI is InChI=1S/C14H23N3O/c1-10(2)17-7-5-6-12(9-17)13-8-14(11(3)18)16(4)15-13/h8,10,12H,5-7,9H2,1-4H3. The smallest absolute Gasteiger partial charge is 0.177 e. The van der Waals surface area contributed by atoms with Gasteiger partial charge in [0.05, 0.1) is 5.69 Å². The molecular formula is C14H23N3O. The van der Waals surface area contributed by atoms with Gasteiger partial charge in [-0.1, -0.05) is 0 Å². The fourth-order valence-electron chi connectivity index (χ4n) is 2.74. The van der Waals surface area contributed by atoms with Gasteiger partial charge in [0.1, 0.15) is 5.69 Å². The van der Waals surface area contributed by atoms with Crippen molar-refractivity contribution in [2.75, 3.05) is 13.1 Å². The Bertz CT molecular complexity index is 436. The van der Waals surface area contributed by atoms with Crippen molar-refractivity contribution in [3.8, 4) is 0 Å². The molecule has 1 saturated heterocycles. The Labute approximate surface area is 109 Å². The molecule has 0 aliphatic carbocycles. The van der Waals surface area contributed by atoms with Crippen LogP contribution >= 0.6 is 0 Å². The number of ketones is 1. The van der Waals surface area contributed by atoms with Gasteiger partial charge >= 0.3 is 0 Å². The summed E-state index contributed by atoms with van der Waals surface area (Å²) in [5.74, 6) is 0.563. The fourth-order valence-corrected chi connectivity index (χ4v) is 2.74. The maximum atomic E-state index is 11.5. The molecule has 2 heterocycles. The first-order valence-electron chi connectivity index (χ1n) is 6.78. The zero-order chi connectivity index (χ0) is 13.3. The van der Waals surface area contributed by atoms with Crippen molar-refractivity contribution in [2.24, 2.45) is 7.05 Å². The van der Waals surface area contributed by atoms with E-state index in [0.717, 1.165) is 12.2 Å². The Morgan fingerprint density at radius 1 is 1.50 bits per heavy atom. The molecule has 1 aliphatic rings. The lowest BCUT2D eigenvalue weighted by Gasteiger charge is -2.34. The number of nitrogens with zero attached hydrogens (tertiary/aromatic N) is 3. The van der Waals surface area contributed by atoms with Crippen LogP contribution < -0.4 is 0 Å². The number of aromatic nitrogens is 2. The number of likely N-dealkylation sites (tertiary alicyclic amines) is 1. The first-order chi connectivity index (χ1) is 8.49. The summed E-state index contributed by atoms with van der Waals surface area (Å²) in [6, 6.07) is 2.56. The number of rotatable bonds is 3. The Balaban J connectivity index is 2.16. The van der Waals surface area contributed by atoms with Crippen LogP contribution in [0.25, 0.3) is 0 Å². The molecule has 18 heavy (non-hydrogen) atoms. The first-order valence-corrected chi connectivity index (χ1v) is 6.78. The molecule has 4 nitrogen and oxygen atoms in total. The van der Waals surface area contributed by atoms with Gasteiger partial charge in [0.2, 0.25) is 0 Å². The van der Waals surface area contributed by atoms with Crippen molar-refractivity contribution < 1.29 is 4.79 Å². The number of piperidine rings is 1. The molecule has 1 aliphatic heterocycles. The van der Waals surface area contributed by atoms with Crippen LogP contribution in [0.5, 0.6) is 0 Å². The molecule has 1 unspecified atom stereocenters. The van der Waals surface area contributed by atoms with E-state index in [4.69, 9.17) is 0 Å². The lowest BCUT2D eigenvalue weighted by molar-refractivity contribution is 0.100. The van der Waals surface area contributed by atoms with E-state index in [2.05, 4.69) is 23.8 Å². The van der Waals surface area contributed by atoms with Gasteiger partial charge < -0.3 is 4.90 Å². The van der Waals surface area contributed by atoms with Gasteiger partial charge in [-0.25, -0.2) is 0 Å². The van der Waals surface area contributed by atoms with Crippen molar-refractivity contribution in [3.05, 3.63) is 17.5 Å². The second kappa shape index (κ2) is 5.22. The second-order valence-corrected chi connectivity index (χ2v) is 5.56. The molecule has 100 valence electrons. The summed E-state index contributed by atoms with van der Waals surface area (Å²) >= 11 is 0. The number of aryl methyl sites for hydroxylation is 1. The third-order valence-electron chi connectivity index (χ3n) is 3.86. The van der Waals surface area contributed by atoms with Crippen molar-refractivity contribution in [3.63, 3.8) is 0 Å². The van der Waals surface area contributed by atoms with Gasteiger partial charge in [0.15, 0.2) is 5.78 Å². The van der Waals surface area contributed by atoms with Crippen molar-refractivity contribution in [1.82, 2.24) is 14.7 Å². The van der Waals surface area contributed by atoms with Gasteiger partial charge in [0, 0.05) is 32.5 Å². The van der Waals surface area contributed by atoms with E-state index >= 15 is 0 Å². The number of hydrogen-bond donors (Lipinski definition) is 0. The van der Waals surface area contributed by atoms with Crippen molar-refractivity contribution in [1.29, 1.82) is 0 Å². The average molecular weight is 249 g/mol. The van der Waals surface area contributed by atoms with Crippen molar-refractivity contribution >= 4 is 5.78 Å². The van der Waals surface area contributed by atoms with Crippen molar-refractivity contribution in [2.45, 2.75) is 45.6 Å². The van der Waals surface area contributed by atoms with Crippen LogP contribution in [0.3, 0.4) is 0 Å². The second-order valence-electron chi connectivity index (χ2n) is 5.56. The zero-order valence-corrected chi connectivity index (χ0v) is 11.8. The van der Waals surface area contributed by atoms with E-state index in [-0.39, 0.29) is 5.78 Å². The summed E-state index contributed by atoms with van der Waals surface area (Å²) < 4.78 is 1.71. The molecule has 0 aromatic carbocycles. The normalized spacial score (nSPS) is 21.5. The van der Waals surface area contributed by atoms with Crippen LogP contribution in [0.1, 0.15) is 55.7 Å². The van der Waals surface area contributed by atoms with Gasteiger partial charge in [-0.2, -0.15) is 5.10 Å². The highest BCUT2D eigenvalue weighted by Crippen LogP contribution is 2.27. The molecule has 4 heteroatoms. The van der Waals surface area contributed by atoms with E-state index in [1.807, 2.05) is 13.1 Å². The molecule has 1 aromatic rings. The first kappa shape index (κ1) is 13.3. The van der Waals surface area contributed by atoms with Crippen LogP contribution in [0.15, 0.2) is 6.07 Å². The third-order valence-corrected chi connectivity index (χ3v) is 3.86. The largest absolute Gasteiger partial charge is 0.300 e. The summed E-state index contributed by atoms with van der Waals surface area (Å²) in [5.41, 5.74) is 1.79. The van der Waals surface area contributed by atoms with Gasteiger partial charge in [0.25, 0.3) is 0 Å². The Morgan fingerprint density at radius 2 is 2.22 bits per heavy atom. The highest BCUT2D eigenvalue weighted by molar-refractivity contribution is 5.92. The van der Waals surface area contributed by atoms with Gasteiger partial charge in [-0.05, 0) is 39.3 Å². The average Bonchev–Trinajstić information content (AvgIpc) is 2.71. The maximum Gasteiger partial charge on any atom is 0.177 e. The molecular weight excluding hydrogens is 226 g/mol. The predicted molar refractivity (Wildman–Crippen MR) is 71.9 cm³/mol.